The van der Waals surface area contributed by atoms with Crippen molar-refractivity contribution in [2.75, 3.05) is 0 Å². The minimum Gasteiger partial charge on any atom is -0.321 e. The van der Waals surface area contributed by atoms with Gasteiger partial charge in [-0.25, -0.2) is 5.90 Å². The SMILES string of the molecule is CCCC(N)C(=O)C(C)ON. The van der Waals surface area contributed by atoms with Gasteiger partial charge in [-0.2, -0.15) is 0 Å². The highest BCUT2D eigenvalue weighted by Crippen LogP contribution is 1.99. The van der Waals surface area contributed by atoms with Crippen molar-refractivity contribution in [3.8, 4) is 0 Å². The molecule has 4 N–H and O–H groups in total. The number of rotatable bonds is 5. The molecule has 0 rings (SSSR count). The first-order chi connectivity index (χ1) is 5.13. The highest BCUT2D eigenvalue weighted by molar-refractivity contribution is 5.87. The lowest BCUT2D eigenvalue weighted by Crippen LogP contribution is -2.39. The molecule has 11 heavy (non-hydrogen) atoms. The van der Waals surface area contributed by atoms with Crippen LogP contribution in [0.15, 0.2) is 0 Å². The molecule has 0 radical (unpaired) electrons. The summed E-state index contributed by atoms with van der Waals surface area (Å²) in [5.74, 6) is 4.70. The summed E-state index contributed by atoms with van der Waals surface area (Å²) < 4.78 is 0. The smallest absolute Gasteiger partial charge is 0.179 e. The van der Waals surface area contributed by atoms with Gasteiger partial charge in [0.2, 0.25) is 0 Å². The van der Waals surface area contributed by atoms with E-state index in [-0.39, 0.29) is 5.78 Å². The summed E-state index contributed by atoms with van der Waals surface area (Å²) in [6.07, 6.45) is 0.994. The van der Waals surface area contributed by atoms with Gasteiger partial charge in [-0.1, -0.05) is 13.3 Å². The van der Waals surface area contributed by atoms with Crippen LogP contribution in [0, 0.1) is 0 Å². The van der Waals surface area contributed by atoms with Gasteiger partial charge in [0.25, 0.3) is 0 Å². The van der Waals surface area contributed by atoms with Gasteiger partial charge < -0.3 is 5.73 Å². The van der Waals surface area contributed by atoms with E-state index in [4.69, 9.17) is 11.6 Å². The van der Waals surface area contributed by atoms with E-state index < -0.39 is 12.1 Å². The number of nitrogens with two attached hydrogens (primary N) is 2. The Hall–Kier alpha value is -0.450. The van der Waals surface area contributed by atoms with E-state index in [0.717, 1.165) is 6.42 Å². The first kappa shape index (κ1) is 10.6. The van der Waals surface area contributed by atoms with Crippen molar-refractivity contribution in [1.82, 2.24) is 0 Å². The van der Waals surface area contributed by atoms with Crippen molar-refractivity contribution in [1.29, 1.82) is 0 Å². The molecule has 0 amide bonds. The van der Waals surface area contributed by atoms with Gasteiger partial charge in [0.1, 0.15) is 6.10 Å². The lowest BCUT2D eigenvalue weighted by atomic mass is 10.1. The van der Waals surface area contributed by atoms with Gasteiger partial charge >= 0.3 is 0 Å². The standard InChI is InChI=1S/C7H16N2O2/c1-3-4-6(8)7(10)5(2)11-9/h5-6H,3-4,8-9H2,1-2H3. The summed E-state index contributed by atoms with van der Waals surface area (Å²) in [6.45, 7) is 3.57. The summed E-state index contributed by atoms with van der Waals surface area (Å²) in [4.78, 5) is 15.5. The van der Waals surface area contributed by atoms with Crippen molar-refractivity contribution in [2.24, 2.45) is 11.6 Å². The molecule has 0 saturated carbocycles. The summed E-state index contributed by atoms with van der Waals surface area (Å²) in [5.41, 5.74) is 5.52. The molecule has 0 spiro atoms. The topological polar surface area (TPSA) is 78.3 Å². The summed E-state index contributed by atoms with van der Waals surface area (Å²) in [5, 5.41) is 0. The number of carbonyl (C=O) groups excluding carboxylic acids is 1. The maximum atomic E-state index is 11.1. The molecule has 0 fully saturated rings. The third-order valence-electron chi connectivity index (χ3n) is 1.57. The molecule has 0 aliphatic rings. The lowest BCUT2D eigenvalue weighted by molar-refractivity contribution is -0.131. The van der Waals surface area contributed by atoms with Gasteiger partial charge in [-0.15, -0.1) is 0 Å². The maximum Gasteiger partial charge on any atom is 0.179 e. The summed E-state index contributed by atoms with van der Waals surface area (Å²) in [7, 11) is 0. The molecule has 4 nitrogen and oxygen atoms in total. The molecule has 0 aromatic heterocycles. The third-order valence-corrected chi connectivity index (χ3v) is 1.57. The van der Waals surface area contributed by atoms with Crippen molar-refractivity contribution in [2.45, 2.75) is 38.8 Å². The monoisotopic (exact) mass is 160 g/mol. The van der Waals surface area contributed by atoms with E-state index in [0.29, 0.717) is 6.42 Å². The Bertz CT molecular complexity index is 128. The second-order valence-electron chi connectivity index (χ2n) is 2.58. The first-order valence-electron chi connectivity index (χ1n) is 3.78. The van der Waals surface area contributed by atoms with Crippen LogP contribution in [-0.4, -0.2) is 17.9 Å². The van der Waals surface area contributed by atoms with E-state index >= 15 is 0 Å². The zero-order valence-electron chi connectivity index (χ0n) is 7.04. The van der Waals surface area contributed by atoms with Gasteiger partial charge in [-0.3, -0.25) is 9.63 Å². The second kappa shape index (κ2) is 5.23. The number of carbonyl (C=O) groups is 1. The summed E-state index contributed by atoms with van der Waals surface area (Å²) >= 11 is 0. The molecule has 66 valence electrons. The molecule has 2 atom stereocenters. The van der Waals surface area contributed by atoms with E-state index in [9.17, 15) is 4.79 Å². The fourth-order valence-electron chi connectivity index (χ4n) is 0.822. The average molecular weight is 160 g/mol. The van der Waals surface area contributed by atoms with Crippen molar-refractivity contribution in [3.05, 3.63) is 0 Å². The molecule has 0 aliphatic heterocycles. The Morgan fingerprint density at radius 3 is 2.55 bits per heavy atom. The van der Waals surface area contributed by atoms with Crippen LogP contribution in [-0.2, 0) is 9.63 Å². The zero-order valence-corrected chi connectivity index (χ0v) is 7.04. The predicted octanol–water partition coefficient (Wildman–Crippen LogP) is -0.0383. The molecule has 0 aromatic carbocycles. The quantitative estimate of drug-likeness (QED) is 0.553. The maximum absolute atomic E-state index is 11.1. The Morgan fingerprint density at radius 2 is 2.18 bits per heavy atom. The van der Waals surface area contributed by atoms with Crippen LogP contribution in [0.4, 0.5) is 0 Å². The minimum absolute atomic E-state index is 0.130. The normalized spacial score (nSPS) is 16.0. The highest BCUT2D eigenvalue weighted by atomic mass is 16.6. The van der Waals surface area contributed by atoms with Gasteiger partial charge in [0, 0.05) is 0 Å². The molecule has 4 heteroatoms. The zero-order chi connectivity index (χ0) is 8.85. The van der Waals surface area contributed by atoms with Crippen molar-refractivity contribution < 1.29 is 9.63 Å². The van der Waals surface area contributed by atoms with E-state index in [1.807, 2.05) is 6.92 Å². The van der Waals surface area contributed by atoms with Crippen LogP contribution in [0.25, 0.3) is 0 Å². The van der Waals surface area contributed by atoms with Gasteiger partial charge in [0.15, 0.2) is 5.78 Å². The number of hydrogen-bond donors (Lipinski definition) is 2. The average Bonchev–Trinajstić information content (AvgIpc) is 2.02. The number of ketones is 1. The van der Waals surface area contributed by atoms with E-state index in [1.165, 1.54) is 0 Å². The van der Waals surface area contributed by atoms with Crippen molar-refractivity contribution >= 4 is 5.78 Å². The molecular weight excluding hydrogens is 144 g/mol. The van der Waals surface area contributed by atoms with Crippen LogP contribution in [0.3, 0.4) is 0 Å². The Labute approximate surface area is 66.8 Å². The number of hydrogen-bond acceptors (Lipinski definition) is 4. The Balaban J connectivity index is 3.81. The van der Waals surface area contributed by atoms with Crippen LogP contribution < -0.4 is 11.6 Å². The molecule has 0 aromatic rings. The van der Waals surface area contributed by atoms with Crippen molar-refractivity contribution in [3.63, 3.8) is 0 Å². The predicted molar refractivity (Wildman–Crippen MR) is 42.6 cm³/mol. The molecule has 0 heterocycles. The van der Waals surface area contributed by atoms with Crippen LogP contribution >= 0.6 is 0 Å². The molecule has 2 unspecified atom stereocenters. The van der Waals surface area contributed by atoms with E-state index in [1.54, 1.807) is 6.92 Å². The minimum atomic E-state index is -0.587. The molecule has 0 aliphatic carbocycles. The molecule has 0 bridgehead atoms. The van der Waals surface area contributed by atoms with Crippen LogP contribution in [0.5, 0.6) is 0 Å². The highest BCUT2D eigenvalue weighted by Gasteiger charge is 2.19. The van der Waals surface area contributed by atoms with Gasteiger partial charge in [-0.05, 0) is 13.3 Å². The lowest BCUT2D eigenvalue weighted by Gasteiger charge is -2.12. The Kier molecular flexibility index (Phi) is 5.02. The van der Waals surface area contributed by atoms with Crippen LogP contribution in [0.1, 0.15) is 26.7 Å². The van der Waals surface area contributed by atoms with Gasteiger partial charge in [0.05, 0.1) is 6.04 Å². The molecular formula is C7H16N2O2. The Morgan fingerprint density at radius 1 is 1.64 bits per heavy atom. The number of Topliss-reactive ketones (excluding diaryl/α,β-unsaturated/α-hetero) is 1. The van der Waals surface area contributed by atoms with E-state index in [2.05, 4.69) is 4.84 Å². The van der Waals surface area contributed by atoms with Crippen LogP contribution in [0.2, 0.25) is 0 Å². The third kappa shape index (κ3) is 3.46. The summed E-state index contributed by atoms with van der Waals surface area (Å²) in [6, 6.07) is -0.432. The fraction of sp³-hybridized carbons (Fsp3) is 0.857. The first-order valence-corrected chi connectivity index (χ1v) is 3.78. The second-order valence-corrected chi connectivity index (χ2v) is 2.58. The fourth-order valence-corrected chi connectivity index (χ4v) is 0.822. The largest absolute Gasteiger partial charge is 0.321 e. The molecule has 0 saturated heterocycles.